The van der Waals surface area contributed by atoms with Gasteiger partial charge >= 0.3 is 0 Å². The number of fused-ring (bicyclic) bond motifs is 1. The van der Waals surface area contributed by atoms with E-state index in [1.165, 1.54) is 43.5 Å². The summed E-state index contributed by atoms with van der Waals surface area (Å²) in [5.41, 5.74) is 6.85. The van der Waals surface area contributed by atoms with Crippen LogP contribution in [0.15, 0.2) is 71.3 Å². The Bertz CT molecular complexity index is 1830. The van der Waals surface area contributed by atoms with Crippen LogP contribution in [0.2, 0.25) is 0 Å². The molecule has 0 bridgehead atoms. The molecule has 1 amide bonds. The molecule has 1 saturated heterocycles. The fraction of sp³-hybridized carbons (Fsp3) is 0.273. The van der Waals surface area contributed by atoms with Gasteiger partial charge in [-0.2, -0.15) is 0 Å². The van der Waals surface area contributed by atoms with E-state index in [-0.39, 0.29) is 23.1 Å². The SMILES string of the molecule is COc1cc2c(Oc3ccc(C(C(N)=O)c4nnc(-c5ccc(F)cc5)o4)cc3F)ccnc2cc1OCCCN1CCOCC1. The molecule has 13 heteroatoms. The van der Waals surface area contributed by atoms with Crippen molar-refractivity contribution in [1.29, 1.82) is 0 Å². The molecule has 6 rings (SSSR count). The van der Waals surface area contributed by atoms with Gasteiger partial charge < -0.3 is 29.1 Å². The van der Waals surface area contributed by atoms with Crippen molar-refractivity contribution in [3.63, 3.8) is 0 Å². The highest BCUT2D eigenvalue weighted by Crippen LogP contribution is 2.38. The number of morpholine rings is 1. The number of nitrogens with zero attached hydrogens (tertiary/aromatic N) is 4. The molecule has 0 saturated carbocycles. The number of carbonyl (C=O) groups is 1. The van der Waals surface area contributed by atoms with Crippen LogP contribution < -0.4 is 19.9 Å². The summed E-state index contributed by atoms with van der Waals surface area (Å²) in [6, 6.07) is 14.5. The van der Waals surface area contributed by atoms with Crippen LogP contribution in [-0.2, 0) is 9.53 Å². The zero-order valence-electron chi connectivity index (χ0n) is 24.9. The maximum atomic E-state index is 15.5. The van der Waals surface area contributed by atoms with Gasteiger partial charge in [-0.05, 0) is 60.5 Å². The first-order valence-electron chi connectivity index (χ1n) is 14.6. The Morgan fingerprint density at radius 2 is 1.78 bits per heavy atom. The molecule has 1 aliphatic heterocycles. The van der Waals surface area contributed by atoms with Crippen LogP contribution in [0.4, 0.5) is 8.78 Å². The Hall–Kier alpha value is -5.14. The van der Waals surface area contributed by atoms with Crippen molar-refractivity contribution in [2.24, 2.45) is 5.73 Å². The van der Waals surface area contributed by atoms with Crippen molar-refractivity contribution < 1.29 is 36.9 Å². The summed E-state index contributed by atoms with van der Waals surface area (Å²) in [5.74, 6) is -2.05. The fourth-order valence-electron chi connectivity index (χ4n) is 5.17. The van der Waals surface area contributed by atoms with E-state index < -0.39 is 23.5 Å². The number of halogens is 2. The second-order valence-corrected chi connectivity index (χ2v) is 10.6. The topological polar surface area (TPSA) is 135 Å². The number of primary amides is 1. The molecule has 3 heterocycles. The standard InChI is InChI=1S/C33H31F2N5O6/c1-42-28-18-23-25(19-29(28)44-14-2-11-40-12-15-43-16-13-40)37-10-9-26(23)45-27-8-5-21(17-24(27)35)30(31(36)41)33-39-38-32(46-33)20-3-6-22(34)7-4-20/h3-10,17-19,30H,2,11-16H2,1H3,(H2,36,41). The highest BCUT2D eigenvalue weighted by molar-refractivity contribution is 5.88. The van der Waals surface area contributed by atoms with Gasteiger partial charge in [0.05, 0.1) is 32.4 Å². The first kappa shape index (κ1) is 30.9. The van der Waals surface area contributed by atoms with Gasteiger partial charge in [0.2, 0.25) is 17.7 Å². The van der Waals surface area contributed by atoms with Crippen molar-refractivity contribution in [2.75, 3.05) is 46.6 Å². The Morgan fingerprint density at radius 3 is 2.52 bits per heavy atom. The van der Waals surface area contributed by atoms with Crippen molar-refractivity contribution in [2.45, 2.75) is 12.3 Å². The van der Waals surface area contributed by atoms with Crippen LogP contribution in [-0.4, -0.2) is 72.6 Å². The van der Waals surface area contributed by atoms with E-state index in [1.807, 2.05) is 0 Å². The van der Waals surface area contributed by atoms with Crippen LogP contribution in [0.1, 0.15) is 23.8 Å². The van der Waals surface area contributed by atoms with Gasteiger partial charge in [-0.25, -0.2) is 8.78 Å². The summed E-state index contributed by atoms with van der Waals surface area (Å²) in [7, 11) is 1.54. The molecule has 2 N–H and O–H groups in total. The molecular weight excluding hydrogens is 600 g/mol. The maximum Gasteiger partial charge on any atom is 0.247 e. The zero-order valence-corrected chi connectivity index (χ0v) is 24.9. The molecule has 1 aliphatic rings. The lowest BCUT2D eigenvalue weighted by molar-refractivity contribution is -0.118. The first-order chi connectivity index (χ1) is 22.4. The Balaban J connectivity index is 1.19. The van der Waals surface area contributed by atoms with Gasteiger partial charge in [0.25, 0.3) is 0 Å². The second kappa shape index (κ2) is 13.9. The van der Waals surface area contributed by atoms with Gasteiger partial charge in [0.15, 0.2) is 23.1 Å². The minimum Gasteiger partial charge on any atom is -0.493 e. The number of aromatic nitrogens is 3. The average Bonchev–Trinajstić information content (AvgIpc) is 3.54. The second-order valence-electron chi connectivity index (χ2n) is 10.6. The predicted molar refractivity (Wildman–Crippen MR) is 163 cm³/mol. The summed E-state index contributed by atoms with van der Waals surface area (Å²) >= 11 is 0. The number of amides is 1. The summed E-state index contributed by atoms with van der Waals surface area (Å²) in [5, 5.41) is 8.45. The molecule has 5 aromatic rings. The lowest BCUT2D eigenvalue weighted by Gasteiger charge is -2.26. The molecule has 1 atom stereocenters. The third-order valence-corrected chi connectivity index (χ3v) is 7.54. The molecule has 2 aromatic heterocycles. The van der Waals surface area contributed by atoms with Crippen LogP contribution in [0.3, 0.4) is 0 Å². The lowest BCUT2D eigenvalue weighted by atomic mass is 9.98. The quantitative estimate of drug-likeness (QED) is 0.186. The van der Waals surface area contributed by atoms with Crippen molar-refractivity contribution in [3.05, 3.63) is 89.9 Å². The number of methoxy groups -OCH3 is 1. The number of ether oxygens (including phenoxy) is 4. The van der Waals surface area contributed by atoms with E-state index in [1.54, 1.807) is 24.4 Å². The van der Waals surface area contributed by atoms with E-state index >= 15 is 4.39 Å². The third kappa shape index (κ3) is 6.90. The Labute approximate surface area is 262 Å². The highest BCUT2D eigenvalue weighted by atomic mass is 19.1. The molecular formula is C33H31F2N5O6. The van der Waals surface area contributed by atoms with E-state index in [2.05, 4.69) is 20.1 Å². The molecule has 3 aromatic carbocycles. The number of hydrogen-bond acceptors (Lipinski definition) is 10. The zero-order chi connectivity index (χ0) is 32.0. The van der Waals surface area contributed by atoms with Crippen LogP contribution in [0.5, 0.6) is 23.0 Å². The summed E-state index contributed by atoms with van der Waals surface area (Å²) in [6.07, 6.45) is 2.39. The van der Waals surface area contributed by atoms with Crippen LogP contribution in [0.25, 0.3) is 22.4 Å². The summed E-state index contributed by atoms with van der Waals surface area (Å²) < 4.78 is 57.4. The van der Waals surface area contributed by atoms with Crippen molar-refractivity contribution in [3.8, 4) is 34.5 Å². The van der Waals surface area contributed by atoms with E-state index in [9.17, 15) is 9.18 Å². The minimum absolute atomic E-state index is 0.0585. The molecule has 0 radical (unpaired) electrons. The highest BCUT2D eigenvalue weighted by Gasteiger charge is 2.28. The normalized spacial score (nSPS) is 14.2. The van der Waals surface area contributed by atoms with Gasteiger partial charge in [0.1, 0.15) is 17.5 Å². The number of carbonyl (C=O) groups excluding carboxylic acids is 1. The lowest BCUT2D eigenvalue weighted by Crippen LogP contribution is -2.37. The number of rotatable bonds is 12. The van der Waals surface area contributed by atoms with Gasteiger partial charge in [-0.15, -0.1) is 10.2 Å². The number of hydrogen-bond donors (Lipinski definition) is 1. The Morgan fingerprint density at radius 1 is 0.978 bits per heavy atom. The van der Waals surface area contributed by atoms with Gasteiger partial charge in [0, 0.05) is 42.8 Å². The number of benzene rings is 3. The number of pyridine rings is 1. The van der Waals surface area contributed by atoms with Crippen LogP contribution >= 0.6 is 0 Å². The van der Waals surface area contributed by atoms with Crippen molar-refractivity contribution in [1.82, 2.24) is 20.1 Å². The summed E-state index contributed by atoms with van der Waals surface area (Å²) in [4.78, 5) is 19.2. The molecule has 46 heavy (non-hydrogen) atoms. The average molecular weight is 632 g/mol. The molecule has 1 unspecified atom stereocenters. The molecule has 11 nitrogen and oxygen atoms in total. The molecule has 0 aliphatic carbocycles. The first-order valence-corrected chi connectivity index (χ1v) is 14.6. The largest absolute Gasteiger partial charge is 0.493 e. The van der Waals surface area contributed by atoms with Gasteiger partial charge in [-0.1, -0.05) is 6.07 Å². The molecule has 1 fully saturated rings. The van der Waals surface area contributed by atoms with Crippen LogP contribution in [0, 0.1) is 11.6 Å². The van der Waals surface area contributed by atoms with Crippen molar-refractivity contribution >= 4 is 16.8 Å². The fourth-order valence-corrected chi connectivity index (χ4v) is 5.17. The smallest absolute Gasteiger partial charge is 0.247 e. The summed E-state index contributed by atoms with van der Waals surface area (Å²) in [6.45, 7) is 4.73. The van der Waals surface area contributed by atoms with E-state index in [0.717, 1.165) is 45.3 Å². The van der Waals surface area contributed by atoms with Gasteiger partial charge in [-0.3, -0.25) is 14.7 Å². The van der Waals surface area contributed by atoms with E-state index in [4.69, 9.17) is 29.1 Å². The maximum absolute atomic E-state index is 15.5. The number of nitrogens with two attached hydrogens (primary N) is 1. The minimum atomic E-state index is -1.23. The predicted octanol–water partition coefficient (Wildman–Crippen LogP) is 5.08. The molecule has 238 valence electrons. The van der Waals surface area contributed by atoms with E-state index in [0.29, 0.717) is 40.3 Å². The third-order valence-electron chi connectivity index (χ3n) is 7.54. The molecule has 0 spiro atoms. The monoisotopic (exact) mass is 631 g/mol. The Kier molecular flexibility index (Phi) is 9.31.